The molecule has 1 aliphatic carbocycles. The molecule has 1 fully saturated rings. The molecule has 20 heavy (non-hydrogen) atoms. The Kier molecular flexibility index (Phi) is 2.97. The number of pyridine rings is 1. The molecule has 1 aromatic heterocycles. The van der Waals surface area contributed by atoms with Gasteiger partial charge in [-0.3, -0.25) is 4.90 Å². The first-order valence-electron chi connectivity index (χ1n) is 6.62. The van der Waals surface area contributed by atoms with Gasteiger partial charge in [-0.1, -0.05) is 0 Å². The zero-order valence-corrected chi connectivity index (χ0v) is 13.4. The van der Waals surface area contributed by atoms with Crippen LogP contribution in [0.2, 0.25) is 0 Å². The van der Waals surface area contributed by atoms with Gasteiger partial charge in [-0.2, -0.15) is 0 Å². The minimum absolute atomic E-state index is 0.252. The van der Waals surface area contributed by atoms with Gasteiger partial charge in [0.15, 0.2) is 0 Å². The Morgan fingerprint density at radius 1 is 1.50 bits per heavy atom. The highest BCUT2D eigenvalue weighted by Crippen LogP contribution is 2.50. The molecule has 1 spiro atoms. The van der Waals surface area contributed by atoms with Gasteiger partial charge in [0.05, 0.1) is 5.54 Å². The largest absolute Gasteiger partial charge is 0.474 e. The number of amides is 1. The van der Waals surface area contributed by atoms with Gasteiger partial charge in [0, 0.05) is 10.7 Å². The fraction of sp³-hybridized carbons (Fsp3) is 0.571. The van der Waals surface area contributed by atoms with Gasteiger partial charge in [0.25, 0.3) is 0 Å². The Bertz CT molecular complexity index is 564. The second-order valence-corrected chi connectivity index (χ2v) is 7.22. The summed E-state index contributed by atoms with van der Waals surface area (Å²) in [7, 11) is 0. The highest BCUT2D eigenvalue weighted by molar-refractivity contribution is 9.10. The zero-order chi connectivity index (χ0) is 14.5. The molecule has 0 radical (unpaired) electrons. The SMILES string of the molecule is CC(C)(C)OC(=O)N1c2cc(Br)cnc2OCC12CC2. The van der Waals surface area contributed by atoms with Crippen molar-refractivity contribution in [3.8, 4) is 5.88 Å². The van der Waals surface area contributed by atoms with Crippen LogP contribution in [0, 0.1) is 0 Å². The van der Waals surface area contributed by atoms with Crippen molar-refractivity contribution in [2.24, 2.45) is 0 Å². The predicted octanol–water partition coefficient (Wildman–Crippen LogP) is 3.51. The first-order chi connectivity index (χ1) is 9.31. The topological polar surface area (TPSA) is 51.7 Å². The second kappa shape index (κ2) is 4.35. The Morgan fingerprint density at radius 2 is 2.20 bits per heavy atom. The number of nitrogens with zero attached hydrogens (tertiary/aromatic N) is 2. The molecule has 2 aliphatic rings. The van der Waals surface area contributed by atoms with Crippen molar-refractivity contribution in [2.45, 2.75) is 44.8 Å². The third kappa shape index (κ3) is 2.37. The lowest BCUT2D eigenvalue weighted by molar-refractivity contribution is 0.0533. The number of ether oxygens (including phenoxy) is 2. The smallest absolute Gasteiger partial charge is 0.415 e. The van der Waals surface area contributed by atoms with E-state index in [-0.39, 0.29) is 11.6 Å². The Hall–Kier alpha value is -1.30. The Balaban J connectivity index is 1.99. The average Bonchev–Trinajstić information content (AvgIpc) is 3.06. The molecule has 0 atom stereocenters. The van der Waals surface area contributed by atoms with Crippen LogP contribution in [0.5, 0.6) is 5.88 Å². The first kappa shape index (κ1) is 13.7. The first-order valence-corrected chi connectivity index (χ1v) is 7.42. The lowest BCUT2D eigenvalue weighted by Gasteiger charge is -2.37. The fourth-order valence-corrected chi connectivity index (χ4v) is 2.64. The molecule has 5 nitrogen and oxygen atoms in total. The van der Waals surface area contributed by atoms with Crippen molar-refractivity contribution in [3.05, 3.63) is 16.7 Å². The van der Waals surface area contributed by atoms with Gasteiger partial charge < -0.3 is 9.47 Å². The summed E-state index contributed by atoms with van der Waals surface area (Å²) in [5.74, 6) is 0.483. The average molecular weight is 341 g/mol. The molecule has 1 aliphatic heterocycles. The summed E-state index contributed by atoms with van der Waals surface area (Å²) in [6.07, 6.45) is 3.19. The van der Waals surface area contributed by atoms with Crippen LogP contribution >= 0.6 is 15.9 Å². The molecule has 0 bridgehead atoms. The molecule has 6 heteroatoms. The van der Waals surface area contributed by atoms with Gasteiger partial charge in [-0.05, 0) is 55.6 Å². The highest BCUT2D eigenvalue weighted by atomic mass is 79.9. The van der Waals surface area contributed by atoms with E-state index in [9.17, 15) is 4.79 Å². The zero-order valence-electron chi connectivity index (χ0n) is 11.8. The number of halogens is 1. The number of carbonyl (C=O) groups excluding carboxylic acids is 1. The molecule has 3 rings (SSSR count). The van der Waals surface area contributed by atoms with Crippen LogP contribution in [0.15, 0.2) is 16.7 Å². The number of rotatable bonds is 0. The summed E-state index contributed by atoms with van der Waals surface area (Å²) >= 11 is 3.39. The summed E-state index contributed by atoms with van der Waals surface area (Å²) in [5, 5.41) is 0. The molecule has 108 valence electrons. The molecular weight excluding hydrogens is 324 g/mol. The predicted molar refractivity (Wildman–Crippen MR) is 78.1 cm³/mol. The molecule has 0 unspecified atom stereocenters. The van der Waals surface area contributed by atoms with Crippen LogP contribution in [-0.2, 0) is 4.74 Å². The molecule has 0 aromatic carbocycles. The number of hydrogen-bond donors (Lipinski definition) is 0. The molecule has 0 N–H and O–H groups in total. The van der Waals surface area contributed by atoms with E-state index >= 15 is 0 Å². The van der Waals surface area contributed by atoms with E-state index in [1.54, 1.807) is 11.1 Å². The lowest BCUT2D eigenvalue weighted by atomic mass is 10.1. The number of aromatic nitrogens is 1. The summed E-state index contributed by atoms with van der Waals surface area (Å²) in [5.41, 5.74) is -0.0968. The quantitative estimate of drug-likeness (QED) is 0.725. The van der Waals surface area contributed by atoms with E-state index in [1.165, 1.54) is 0 Å². The van der Waals surface area contributed by atoms with Crippen LogP contribution in [0.3, 0.4) is 0 Å². The van der Waals surface area contributed by atoms with Crippen LogP contribution in [0.1, 0.15) is 33.6 Å². The van der Waals surface area contributed by atoms with E-state index in [0.29, 0.717) is 18.2 Å². The molecule has 1 amide bonds. The number of hydrogen-bond acceptors (Lipinski definition) is 4. The second-order valence-electron chi connectivity index (χ2n) is 6.31. The van der Waals surface area contributed by atoms with Gasteiger partial charge in [-0.15, -0.1) is 0 Å². The van der Waals surface area contributed by atoms with E-state index in [4.69, 9.17) is 9.47 Å². The van der Waals surface area contributed by atoms with Gasteiger partial charge >= 0.3 is 6.09 Å². The molecule has 1 saturated carbocycles. The van der Waals surface area contributed by atoms with Crippen molar-refractivity contribution in [2.75, 3.05) is 11.5 Å². The summed E-state index contributed by atoms with van der Waals surface area (Å²) < 4.78 is 12.0. The van der Waals surface area contributed by atoms with E-state index < -0.39 is 5.60 Å². The van der Waals surface area contributed by atoms with E-state index in [0.717, 1.165) is 17.3 Å². The van der Waals surface area contributed by atoms with Crippen molar-refractivity contribution < 1.29 is 14.3 Å². The summed E-state index contributed by atoms with van der Waals surface area (Å²) in [6.45, 7) is 6.08. The van der Waals surface area contributed by atoms with Crippen molar-refractivity contribution in [1.82, 2.24) is 4.98 Å². The van der Waals surface area contributed by atoms with Gasteiger partial charge in [0.1, 0.15) is 17.9 Å². The number of carbonyl (C=O) groups is 1. The van der Waals surface area contributed by atoms with Crippen LogP contribution in [0.25, 0.3) is 0 Å². The Morgan fingerprint density at radius 3 is 2.80 bits per heavy atom. The normalized spacial score (nSPS) is 19.3. The molecule has 1 aromatic rings. The standard InChI is InChI=1S/C14H17BrN2O3/c1-13(2,3)20-12(18)17-10-6-9(15)7-16-11(10)19-8-14(17)4-5-14/h6-7H,4-5,8H2,1-3H3. The number of fused-ring (bicyclic) bond motifs is 1. The van der Waals surface area contributed by atoms with E-state index in [2.05, 4.69) is 20.9 Å². The van der Waals surface area contributed by atoms with Crippen molar-refractivity contribution >= 4 is 27.7 Å². The van der Waals surface area contributed by atoms with Crippen LogP contribution in [0.4, 0.5) is 10.5 Å². The Labute approximate surface area is 126 Å². The third-order valence-corrected chi connectivity index (χ3v) is 3.83. The van der Waals surface area contributed by atoms with Crippen molar-refractivity contribution in [3.63, 3.8) is 0 Å². The van der Waals surface area contributed by atoms with Gasteiger partial charge in [0.2, 0.25) is 5.88 Å². The number of anilines is 1. The summed E-state index contributed by atoms with van der Waals surface area (Å²) in [4.78, 5) is 18.5. The van der Waals surface area contributed by atoms with Crippen LogP contribution < -0.4 is 9.64 Å². The minimum atomic E-state index is -0.523. The maximum atomic E-state index is 12.5. The molecule has 2 heterocycles. The van der Waals surface area contributed by atoms with Gasteiger partial charge in [-0.25, -0.2) is 9.78 Å². The third-order valence-electron chi connectivity index (χ3n) is 3.39. The van der Waals surface area contributed by atoms with E-state index in [1.807, 2.05) is 26.8 Å². The molecule has 0 saturated heterocycles. The minimum Gasteiger partial charge on any atom is -0.474 e. The summed E-state index contributed by atoms with van der Waals surface area (Å²) in [6, 6.07) is 1.85. The van der Waals surface area contributed by atoms with Crippen molar-refractivity contribution in [1.29, 1.82) is 0 Å². The fourth-order valence-electron chi connectivity index (χ4n) is 2.32. The maximum absolute atomic E-state index is 12.5. The maximum Gasteiger partial charge on any atom is 0.415 e. The highest BCUT2D eigenvalue weighted by Gasteiger charge is 2.56. The lowest BCUT2D eigenvalue weighted by Crippen LogP contribution is -2.50. The monoisotopic (exact) mass is 340 g/mol. The van der Waals surface area contributed by atoms with Crippen LogP contribution in [-0.4, -0.2) is 28.8 Å². The molecular formula is C14H17BrN2O3.